The van der Waals surface area contributed by atoms with E-state index in [9.17, 15) is 0 Å². The first-order valence-corrected chi connectivity index (χ1v) is 6.70. The molecule has 0 amide bonds. The number of likely N-dealkylation sites (tertiary alicyclic amines) is 1. The second-order valence-corrected chi connectivity index (χ2v) is 4.91. The average Bonchev–Trinajstić information content (AvgIpc) is 2.29. The van der Waals surface area contributed by atoms with Crippen LogP contribution in [0.1, 0.15) is 46.0 Å². The second-order valence-electron chi connectivity index (χ2n) is 4.91. The van der Waals surface area contributed by atoms with Gasteiger partial charge in [-0.1, -0.05) is 26.7 Å². The van der Waals surface area contributed by atoms with E-state index in [-0.39, 0.29) is 0 Å². The van der Waals surface area contributed by atoms with Crippen LogP contribution in [0.4, 0.5) is 0 Å². The molecule has 2 unspecified atom stereocenters. The summed E-state index contributed by atoms with van der Waals surface area (Å²) in [6.45, 7) is 8.45. The first-order chi connectivity index (χ1) is 7.31. The topological polar surface area (TPSA) is 15.3 Å². The highest BCUT2D eigenvalue weighted by molar-refractivity contribution is 4.79. The Morgan fingerprint density at radius 3 is 2.80 bits per heavy atom. The molecule has 0 bridgehead atoms. The predicted octanol–water partition coefficient (Wildman–Crippen LogP) is 2.50. The largest absolute Gasteiger partial charge is 0.318 e. The molecule has 1 fully saturated rings. The second kappa shape index (κ2) is 7.24. The normalized spacial score (nSPS) is 25.4. The lowest BCUT2D eigenvalue weighted by Gasteiger charge is -2.38. The zero-order valence-electron chi connectivity index (χ0n) is 10.8. The molecule has 1 saturated heterocycles. The molecule has 0 saturated carbocycles. The molecule has 2 heteroatoms. The van der Waals surface area contributed by atoms with Crippen LogP contribution in [-0.2, 0) is 0 Å². The summed E-state index contributed by atoms with van der Waals surface area (Å²) in [6.07, 6.45) is 6.86. The van der Waals surface area contributed by atoms with Crippen molar-refractivity contribution in [3.63, 3.8) is 0 Å². The van der Waals surface area contributed by atoms with Crippen molar-refractivity contribution in [3.8, 4) is 0 Å². The highest BCUT2D eigenvalue weighted by atomic mass is 15.2. The molecule has 2 atom stereocenters. The molecular weight excluding hydrogens is 184 g/mol. The van der Waals surface area contributed by atoms with Crippen molar-refractivity contribution in [2.24, 2.45) is 5.92 Å². The third kappa shape index (κ3) is 4.12. The van der Waals surface area contributed by atoms with Crippen LogP contribution in [0.3, 0.4) is 0 Å². The summed E-state index contributed by atoms with van der Waals surface area (Å²) in [5.41, 5.74) is 0. The number of nitrogens with one attached hydrogen (secondary N) is 1. The van der Waals surface area contributed by atoms with Crippen LogP contribution >= 0.6 is 0 Å². The van der Waals surface area contributed by atoms with Crippen LogP contribution in [0, 0.1) is 5.92 Å². The summed E-state index contributed by atoms with van der Waals surface area (Å²) < 4.78 is 0. The predicted molar refractivity (Wildman–Crippen MR) is 67.2 cm³/mol. The summed E-state index contributed by atoms with van der Waals surface area (Å²) >= 11 is 0. The number of piperidine rings is 1. The van der Waals surface area contributed by atoms with Gasteiger partial charge >= 0.3 is 0 Å². The zero-order chi connectivity index (χ0) is 11.1. The fraction of sp³-hybridized carbons (Fsp3) is 1.00. The molecule has 0 aliphatic carbocycles. The number of nitrogens with zero attached hydrogens (tertiary/aromatic N) is 1. The van der Waals surface area contributed by atoms with Crippen LogP contribution in [0.25, 0.3) is 0 Å². The van der Waals surface area contributed by atoms with E-state index >= 15 is 0 Å². The number of likely N-dealkylation sites (N-methyl/N-ethyl adjacent to an activating group) is 1. The van der Waals surface area contributed by atoms with Gasteiger partial charge in [-0.05, 0) is 38.8 Å². The van der Waals surface area contributed by atoms with Crippen molar-refractivity contribution in [3.05, 3.63) is 0 Å². The maximum atomic E-state index is 3.34. The van der Waals surface area contributed by atoms with E-state index < -0.39 is 0 Å². The molecule has 90 valence electrons. The highest BCUT2D eigenvalue weighted by Crippen LogP contribution is 2.22. The van der Waals surface area contributed by atoms with Gasteiger partial charge in [-0.25, -0.2) is 0 Å². The molecule has 1 N–H and O–H groups in total. The Morgan fingerprint density at radius 1 is 1.40 bits per heavy atom. The van der Waals surface area contributed by atoms with E-state index in [4.69, 9.17) is 0 Å². The Balaban J connectivity index is 2.42. The summed E-state index contributed by atoms with van der Waals surface area (Å²) in [7, 11) is 2.07. The molecular formula is C13H28N2. The average molecular weight is 212 g/mol. The summed E-state index contributed by atoms with van der Waals surface area (Å²) in [5.74, 6) is 0.954. The summed E-state index contributed by atoms with van der Waals surface area (Å²) in [6, 6.07) is 0.773. The maximum absolute atomic E-state index is 3.34. The molecule has 1 rings (SSSR count). The van der Waals surface area contributed by atoms with Gasteiger partial charge in [-0.3, -0.25) is 4.90 Å². The van der Waals surface area contributed by atoms with Crippen molar-refractivity contribution in [1.29, 1.82) is 0 Å². The van der Waals surface area contributed by atoms with Gasteiger partial charge in [-0.2, -0.15) is 0 Å². The minimum absolute atomic E-state index is 0.773. The molecule has 0 spiro atoms. The fourth-order valence-corrected chi connectivity index (χ4v) is 2.74. The Hall–Kier alpha value is -0.0800. The van der Waals surface area contributed by atoms with E-state index in [0.717, 1.165) is 18.5 Å². The van der Waals surface area contributed by atoms with Crippen LogP contribution in [0.5, 0.6) is 0 Å². The lowest BCUT2D eigenvalue weighted by molar-refractivity contribution is 0.114. The molecule has 1 heterocycles. The Bertz CT molecular complexity index is 153. The summed E-state index contributed by atoms with van der Waals surface area (Å²) in [5, 5.41) is 3.34. The lowest BCUT2D eigenvalue weighted by Crippen LogP contribution is -2.46. The first kappa shape index (κ1) is 13.0. The van der Waals surface area contributed by atoms with Crippen molar-refractivity contribution >= 4 is 0 Å². The molecule has 0 aromatic rings. The Labute approximate surface area is 95.4 Å². The number of hydrogen-bond acceptors (Lipinski definition) is 2. The molecule has 15 heavy (non-hydrogen) atoms. The molecule has 0 aromatic carbocycles. The lowest BCUT2D eigenvalue weighted by atomic mass is 9.94. The molecule has 0 aromatic heterocycles. The van der Waals surface area contributed by atoms with Gasteiger partial charge in [-0.15, -0.1) is 0 Å². The molecule has 1 aliphatic rings. The minimum Gasteiger partial charge on any atom is -0.318 e. The van der Waals surface area contributed by atoms with Crippen LogP contribution in [0.2, 0.25) is 0 Å². The third-order valence-electron chi connectivity index (χ3n) is 3.71. The van der Waals surface area contributed by atoms with Gasteiger partial charge in [0, 0.05) is 19.1 Å². The van der Waals surface area contributed by atoms with Crippen molar-refractivity contribution in [2.75, 3.05) is 26.7 Å². The van der Waals surface area contributed by atoms with E-state index in [1.807, 2.05) is 0 Å². The van der Waals surface area contributed by atoms with E-state index in [2.05, 4.69) is 31.1 Å². The first-order valence-electron chi connectivity index (χ1n) is 6.70. The van der Waals surface area contributed by atoms with E-state index in [1.165, 1.54) is 45.2 Å². The van der Waals surface area contributed by atoms with Gasteiger partial charge in [0.25, 0.3) is 0 Å². The quantitative estimate of drug-likeness (QED) is 0.728. The Kier molecular flexibility index (Phi) is 6.26. The molecule has 2 nitrogen and oxygen atoms in total. The number of rotatable bonds is 6. The Morgan fingerprint density at radius 2 is 2.20 bits per heavy atom. The van der Waals surface area contributed by atoms with Gasteiger partial charge in [0.2, 0.25) is 0 Å². The van der Waals surface area contributed by atoms with Gasteiger partial charge < -0.3 is 5.32 Å². The molecule has 0 radical (unpaired) electrons. The SMILES string of the molecule is CCCC(CNC)N1CCCC(CC)C1. The zero-order valence-corrected chi connectivity index (χ0v) is 10.8. The van der Waals surface area contributed by atoms with Gasteiger partial charge in [0.15, 0.2) is 0 Å². The van der Waals surface area contributed by atoms with Crippen molar-refractivity contribution in [1.82, 2.24) is 10.2 Å². The maximum Gasteiger partial charge on any atom is 0.0220 e. The third-order valence-corrected chi connectivity index (χ3v) is 3.71. The van der Waals surface area contributed by atoms with Crippen LogP contribution in [0.15, 0.2) is 0 Å². The smallest absolute Gasteiger partial charge is 0.0220 e. The van der Waals surface area contributed by atoms with Crippen molar-refractivity contribution in [2.45, 2.75) is 52.0 Å². The van der Waals surface area contributed by atoms with E-state index in [1.54, 1.807) is 0 Å². The fourth-order valence-electron chi connectivity index (χ4n) is 2.74. The summed E-state index contributed by atoms with van der Waals surface area (Å²) in [4.78, 5) is 2.72. The van der Waals surface area contributed by atoms with Gasteiger partial charge in [0.1, 0.15) is 0 Å². The standard InChI is InChI=1S/C13H28N2/c1-4-7-13(10-14-3)15-9-6-8-12(5-2)11-15/h12-14H,4-11H2,1-3H3. The number of hydrogen-bond donors (Lipinski definition) is 1. The minimum atomic E-state index is 0.773. The van der Waals surface area contributed by atoms with Crippen LogP contribution in [-0.4, -0.2) is 37.6 Å². The van der Waals surface area contributed by atoms with Crippen LogP contribution < -0.4 is 5.32 Å². The van der Waals surface area contributed by atoms with Crippen molar-refractivity contribution < 1.29 is 0 Å². The monoisotopic (exact) mass is 212 g/mol. The highest BCUT2D eigenvalue weighted by Gasteiger charge is 2.23. The van der Waals surface area contributed by atoms with E-state index in [0.29, 0.717) is 0 Å². The molecule has 1 aliphatic heterocycles. The van der Waals surface area contributed by atoms with Gasteiger partial charge in [0.05, 0.1) is 0 Å².